The molecule has 5 heteroatoms. The van der Waals surface area contributed by atoms with Gasteiger partial charge >= 0.3 is 6.03 Å². The molecule has 2 saturated heterocycles. The number of carbonyl (C=O) groups is 1. The van der Waals surface area contributed by atoms with E-state index in [-0.39, 0.29) is 12.1 Å². The van der Waals surface area contributed by atoms with Crippen molar-refractivity contribution >= 4 is 6.03 Å². The SMILES string of the molecule is C[C@H](CC[C@H]1CCCO1)NC(=O)N(C)CC1CCN(C)CC1. The van der Waals surface area contributed by atoms with E-state index in [1.165, 1.54) is 25.7 Å². The fourth-order valence-corrected chi connectivity index (χ4v) is 3.42. The van der Waals surface area contributed by atoms with Gasteiger partial charge in [-0.1, -0.05) is 0 Å². The van der Waals surface area contributed by atoms with Crippen molar-refractivity contribution in [3.8, 4) is 0 Å². The molecule has 0 aliphatic carbocycles. The van der Waals surface area contributed by atoms with Gasteiger partial charge in [-0.15, -0.1) is 0 Å². The van der Waals surface area contributed by atoms with E-state index in [9.17, 15) is 4.79 Å². The lowest BCUT2D eigenvalue weighted by molar-refractivity contribution is 0.0999. The summed E-state index contributed by atoms with van der Waals surface area (Å²) in [7, 11) is 4.09. The molecular formula is C17H33N3O2. The van der Waals surface area contributed by atoms with Crippen LogP contribution in [0.25, 0.3) is 0 Å². The maximum atomic E-state index is 12.3. The Kier molecular flexibility index (Phi) is 6.96. The first-order chi connectivity index (χ1) is 10.5. The van der Waals surface area contributed by atoms with Crippen molar-refractivity contribution in [2.45, 2.75) is 57.6 Å². The molecule has 0 saturated carbocycles. The number of carbonyl (C=O) groups excluding carboxylic acids is 1. The number of amides is 2. The summed E-state index contributed by atoms with van der Waals surface area (Å²) in [6.45, 7) is 6.18. The van der Waals surface area contributed by atoms with Crippen molar-refractivity contribution in [1.29, 1.82) is 0 Å². The summed E-state index contributed by atoms with van der Waals surface area (Å²) in [5.74, 6) is 0.647. The number of nitrogens with one attached hydrogen (secondary N) is 1. The van der Waals surface area contributed by atoms with Crippen LogP contribution in [0, 0.1) is 5.92 Å². The molecule has 0 bridgehead atoms. The van der Waals surface area contributed by atoms with Crippen molar-refractivity contribution < 1.29 is 9.53 Å². The minimum atomic E-state index is 0.0683. The van der Waals surface area contributed by atoms with E-state index in [0.717, 1.165) is 39.1 Å². The van der Waals surface area contributed by atoms with Gasteiger partial charge < -0.3 is 19.9 Å². The molecule has 2 amide bonds. The summed E-state index contributed by atoms with van der Waals surface area (Å²) in [5, 5.41) is 3.12. The van der Waals surface area contributed by atoms with Crippen molar-refractivity contribution in [1.82, 2.24) is 15.1 Å². The highest BCUT2D eigenvalue weighted by atomic mass is 16.5. The van der Waals surface area contributed by atoms with Gasteiger partial charge in [0, 0.05) is 26.2 Å². The van der Waals surface area contributed by atoms with Gasteiger partial charge in [0.15, 0.2) is 0 Å². The average Bonchev–Trinajstić information content (AvgIpc) is 3.01. The van der Waals surface area contributed by atoms with Crippen LogP contribution < -0.4 is 5.32 Å². The number of hydrogen-bond acceptors (Lipinski definition) is 3. The van der Waals surface area contributed by atoms with E-state index < -0.39 is 0 Å². The Labute approximate surface area is 135 Å². The molecule has 0 radical (unpaired) electrons. The zero-order valence-corrected chi connectivity index (χ0v) is 14.5. The van der Waals surface area contributed by atoms with Crippen LogP contribution in [0.5, 0.6) is 0 Å². The molecule has 0 unspecified atom stereocenters. The van der Waals surface area contributed by atoms with Gasteiger partial charge in [-0.25, -0.2) is 4.79 Å². The predicted octanol–water partition coefficient (Wildman–Crippen LogP) is 2.32. The molecule has 2 fully saturated rings. The van der Waals surface area contributed by atoms with E-state index in [0.29, 0.717) is 12.0 Å². The number of nitrogens with zero attached hydrogens (tertiary/aromatic N) is 2. The number of urea groups is 1. The fourth-order valence-electron chi connectivity index (χ4n) is 3.42. The topological polar surface area (TPSA) is 44.8 Å². The molecule has 0 spiro atoms. The van der Waals surface area contributed by atoms with Crippen LogP contribution >= 0.6 is 0 Å². The standard InChI is InChI=1S/C17H33N3O2/c1-14(6-7-16-5-4-12-22-16)18-17(21)20(3)13-15-8-10-19(2)11-9-15/h14-16H,4-13H2,1-3H3,(H,18,21)/t14-,16-/m1/s1. The Hall–Kier alpha value is -0.810. The normalized spacial score (nSPS) is 25.1. The Balaban J connectivity index is 1.62. The highest BCUT2D eigenvalue weighted by Crippen LogP contribution is 2.18. The number of rotatable bonds is 6. The zero-order chi connectivity index (χ0) is 15.9. The summed E-state index contributed by atoms with van der Waals surface area (Å²) < 4.78 is 5.64. The number of hydrogen-bond donors (Lipinski definition) is 1. The second-order valence-corrected chi connectivity index (χ2v) is 7.19. The second-order valence-electron chi connectivity index (χ2n) is 7.19. The second kappa shape index (κ2) is 8.73. The smallest absolute Gasteiger partial charge is 0.317 e. The molecule has 22 heavy (non-hydrogen) atoms. The maximum absolute atomic E-state index is 12.3. The first-order valence-corrected chi connectivity index (χ1v) is 8.86. The van der Waals surface area contributed by atoms with Crippen LogP contribution in [-0.2, 0) is 4.74 Å². The fraction of sp³-hybridized carbons (Fsp3) is 0.941. The predicted molar refractivity (Wildman–Crippen MR) is 89.1 cm³/mol. The van der Waals surface area contributed by atoms with Crippen molar-refractivity contribution in [3.63, 3.8) is 0 Å². The van der Waals surface area contributed by atoms with Gasteiger partial charge in [0.05, 0.1) is 6.10 Å². The van der Waals surface area contributed by atoms with Crippen LogP contribution in [0.2, 0.25) is 0 Å². The molecular weight excluding hydrogens is 278 g/mol. The molecule has 2 rings (SSSR count). The monoisotopic (exact) mass is 311 g/mol. The molecule has 5 nitrogen and oxygen atoms in total. The van der Waals surface area contributed by atoms with Crippen molar-refractivity contribution in [3.05, 3.63) is 0 Å². The lowest BCUT2D eigenvalue weighted by atomic mass is 9.97. The van der Waals surface area contributed by atoms with Crippen LogP contribution in [0.15, 0.2) is 0 Å². The van der Waals surface area contributed by atoms with Gasteiger partial charge in [-0.05, 0) is 71.5 Å². The maximum Gasteiger partial charge on any atom is 0.317 e. The van der Waals surface area contributed by atoms with Gasteiger partial charge in [0.2, 0.25) is 0 Å². The van der Waals surface area contributed by atoms with E-state index in [4.69, 9.17) is 4.74 Å². The molecule has 2 aliphatic rings. The minimum Gasteiger partial charge on any atom is -0.378 e. The number of likely N-dealkylation sites (tertiary alicyclic amines) is 1. The molecule has 128 valence electrons. The van der Waals surface area contributed by atoms with Gasteiger partial charge in [-0.3, -0.25) is 0 Å². The Bertz CT molecular complexity index is 337. The Morgan fingerprint density at radius 1 is 1.36 bits per heavy atom. The summed E-state index contributed by atoms with van der Waals surface area (Å²) in [5.41, 5.74) is 0. The van der Waals surface area contributed by atoms with Crippen LogP contribution in [0.4, 0.5) is 4.79 Å². The molecule has 0 aromatic heterocycles. The molecule has 2 aliphatic heterocycles. The third kappa shape index (κ3) is 5.76. The van der Waals surface area contributed by atoms with Crippen molar-refractivity contribution in [2.75, 3.05) is 40.3 Å². The Morgan fingerprint density at radius 2 is 2.09 bits per heavy atom. The van der Waals surface area contributed by atoms with Crippen LogP contribution in [0.1, 0.15) is 45.4 Å². The lowest BCUT2D eigenvalue weighted by Crippen LogP contribution is -2.45. The van der Waals surface area contributed by atoms with Gasteiger partial charge in [-0.2, -0.15) is 0 Å². The summed E-state index contributed by atoms with van der Waals surface area (Å²) in [6.07, 6.45) is 7.22. The van der Waals surface area contributed by atoms with E-state index >= 15 is 0 Å². The number of ether oxygens (including phenoxy) is 1. The third-order valence-electron chi connectivity index (χ3n) is 5.03. The molecule has 1 N–H and O–H groups in total. The van der Waals surface area contributed by atoms with E-state index in [2.05, 4.69) is 24.2 Å². The quantitative estimate of drug-likeness (QED) is 0.819. The summed E-state index contributed by atoms with van der Waals surface area (Å²) in [4.78, 5) is 16.5. The molecule has 0 aromatic rings. The lowest BCUT2D eigenvalue weighted by Gasteiger charge is -2.32. The first-order valence-electron chi connectivity index (χ1n) is 8.86. The molecule has 2 heterocycles. The highest BCUT2D eigenvalue weighted by Gasteiger charge is 2.21. The largest absolute Gasteiger partial charge is 0.378 e. The molecule has 2 atom stereocenters. The van der Waals surface area contributed by atoms with E-state index in [1.807, 2.05) is 11.9 Å². The Morgan fingerprint density at radius 3 is 2.73 bits per heavy atom. The van der Waals surface area contributed by atoms with Crippen LogP contribution in [0.3, 0.4) is 0 Å². The summed E-state index contributed by atoms with van der Waals surface area (Å²) in [6, 6.07) is 0.287. The van der Waals surface area contributed by atoms with Crippen molar-refractivity contribution in [2.24, 2.45) is 5.92 Å². The van der Waals surface area contributed by atoms with Gasteiger partial charge in [0.1, 0.15) is 0 Å². The van der Waals surface area contributed by atoms with E-state index in [1.54, 1.807) is 0 Å². The molecule has 0 aromatic carbocycles. The average molecular weight is 311 g/mol. The van der Waals surface area contributed by atoms with Gasteiger partial charge in [0.25, 0.3) is 0 Å². The van der Waals surface area contributed by atoms with Crippen LogP contribution in [-0.4, -0.2) is 68.3 Å². The number of piperidine rings is 1. The first kappa shape index (κ1) is 17.5. The third-order valence-corrected chi connectivity index (χ3v) is 5.03. The minimum absolute atomic E-state index is 0.0683. The zero-order valence-electron chi connectivity index (χ0n) is 14.5. The highest BCUT2D eigenvalue weighted by molar-refractivity contribution is 5.74. The summed E-state index contributed by atoms with van der Waals surface area (Å²) >= 11 is 0.